The van der Waals surface area contributed by atoms with Gasteiger partial charge in [-0.2, -0.15) is 0 Å². The Labute approximate surface area is 125 Å². The number of rotatable bonds is 7. The smallest absolute Gasteiger partial charge is 0.251 e. The van der Waals surface area contributed by atoms with Gasteiger partial charge in [-0.05, 0) is 58.1 Å². The molecule has 0 saturated heterocycles. The zero-order valence-corrected chi connectivity index (χ0v) is 12.7. The summed E-state index contributed by atoms with van der Waals surface area (Å²) in [5.41, 5.74) is 1.27. The molecule has 1 aromatic carbocycles. The number of carbonyl (C=O) groups excluding carboxylic acids is 2. The van der Waals surface area contributed by atoms with Crippen molar-refractivity contribution in [3.63, 3.8) is 0 Å². The Hall–Kier alpha value is -1.88. The Kier molecular flexibility index (Phi) is 5.33. The molecule has 1 aromatic rings. The van der Waals surface area contributed by atoms with Crippen LogP contribution in [0.15, 0.2) is 24.3 Å². The summed E-state index contributed by atoms with van der Waals surface area (Å²) in [4.78, 5) is 25.8. The Bertz CT molecular complexity index is 510. The van der Waals surface area contributed by atoms with E-state index in [9.17, 15) is 9.59 Å². The topological polar surface area (TPSA) is 61.4 Å². The fraction of sp³-hybridized carbons (Fsp3) is 0.500. The first kappa shape index (κ1) is 15.5. The summed E-state index contributed by atoms with van der Waals surface area (Å²) in [5.74, 6) is 0.114. The molecule has 0 aliphatic heterocycles. The molecule has 0 bridgehead atoms. The number of hydrogen-bond donors (Lipinski definition) is 2. The van der Waals surface area contributed by atoms with E-state index in [4.69, 9.17) is 0 Å². The number of hydrogen-bond acceptors (Lipinski definition) is 3. The first-order valence-electron chi connectivity index (χ1n) is 7.40. The van der Waals surface area contributed by atoms with E-state index in [0.717, 1.165) is 25.8 Å². The molecule has 1 aliphatic rings. The van der Waals surface area contributed by atoms with Crippen LogP contribution in [-0.4, -0.2) is 43.9 Å². The maximum atomic E-state index is 12.0. The van der Waals surface area contributed by atoms with Gasteiger partial charge in [0.2, 0.25) is 5.91 Å². The molecule has 0 spiro atoms. The van der Waals surface area contributed by atoms with Crippen LogP contribution in [-0.2, 0) is 4.79 Å². The number of anilines is 1. The van der Waals surface area contributed by atoms with E-state index in [2.05, 4.69) is 15.5 Å². The normalized spacial score (nSPS) is 14.0. The van der Waals surface area contributed by atoms with Crippen LogP contribution < -0.4 is 10.6 Å². The van der Waals surface area contributed by atoms with Crippen molar-refractivity contribution in [2.45, 2.75) is 19.3 Å². The third kappa shape index (κ3) is 5.19. The highest BCUT2D eigenvalue weighted by atomic mass is 16.2. The number of amides is 2. The van der Waals surface area contributed by atoms with Crippen LogP contribution in [0.5, 0.6) is 0 Å². The van der Waals surface area contributed by atoms with E-state index in [0.29, 0.717) is 17.8 Å². The van der Waals surface area contributed by atoms with Crippen LogP contribution >= 0.6 is 0 Å². The quantitative estimate of drug-likeness (QED) is 0.751. The maximum absolute atomic E-state index is 12.0. The molecule has 114 valence electrons. The lowest BCUT2D eigenvalue weighted by atomic mass is 10.2. The summed E-state index contributed by atoms with van der Waals surface area (Å²) >= 11 is 0. The molecule has 1 fully saturated rings. The Morgan fingerprint density at radius 3 is 2.71 bits per heavy atom. The number of nitrogens with one attached hydrogen (secondary N) is 2. The fourth-order valence-electron chi connectivity index (χ4n) is 2.03. The van der Waals surface area contributed by atoms with Gasteiger partial charge in [0.1, 0.15) is 0 Å². The summed E-state index contributed by atoms with van der Waals surface area (Å²) in [6.45, 7) is 1.59. The molecular weight excluding hydrogens is 266 g/mol. The molecule has 2 rings (SSSR count). The summed E-state index contributed by atoms with van der Waals surface area (Å²) in [6.07, 6.45) is 2.85. The predicted molar refractivity (Wildman–Crippen MR) is 83.3 cm³/mol. The van der Waals surface area contributed by atoms with Crippen molar-refractivity contribution in [2.75, 3.05) is 32.5 Å². The van der Waals surface area contributed by atoms with Crippen molar-refractivity contribution >= 4 is 17.5 Å². The van der Waals surface area contributed by atoms with E-state index < -0.39 is 0 Å². The largest absolute Gasteiger partial charge is 0.352 e. The second-order valence-electron chi connectivity index (χ2n) is 5.76. The van der Waals surface area contributed by atoms with Crippen molar-refractivity contribution < 1.29 is 9.59 Å². The van der Waals surface area contributed by atoms with Gasteiger partial charge in [0.25, 0.3) is 5.91 Å². The zero-order valence-electron chi connectivity index (χ0n) is 12.7. The van der Waals surface area contributed by atoms with E-state index >= 15 is 0 Å². The minimum atomic E-state index is -0.101. The van der Waals surface area contributed by atoms with Crippen LogP contribution in [0.4, 0.5) is 5.69 Å². The Morgan fingerprint density at radius 2 is 2.05 bits per heavy atom. The van der Waals surface area contributed by atoms with Gasteiger partial charge in [-0.1, -0.05) is 6.07 Å². The molecule has 0 heterocycles. The molecule has 1 aliphatic carbocycles. The SMILES string of the molecule is CN(C)CCCNC(=O)c1cccc(NC(=O)C2CC2)c1. The van der Waals surface area contributed by atoms with Gasteiger partial charge in [0.05, 0.1) is 0 Å². The molecule has 2 N–H and O–H groups in total. The van der Waals surface area contributed by atoms with Gasteiger partial charge in [0, 0.05) is 23.7 Å². The van der Waals surface area contributed by atoms with E-state index in [1.807, 2.05) is 20.2 Å². The molecule has 1 saturated carbocycles. The summed E-state index contributed by atoms with van der Waals surface area (Å²) < 4.78 is 0. The molecule has 0 atom stereocenters. The Morgan fingerprint density at radius 1 is 1.29 bits per heavy atom. The third-order valence-electron chi connectivity index (χ3n) is 3.41. The average molecular weight is 289 g/mol. The van der Waals surface area contributed by atoms with Crippen molar-refractivity contribution in [2.24, 2.45) is 5.92 Å². The van der Waals surface area contributed by atoms with Crippen LogP contribution in [0.25, 0.3) is 0 Å². The van der Waals surface area contributed by atoms with Gasteiger partial charge >= 0.3 is 0 Å². The van der Waals surface area contributed by atoms with Crippen molar-refractivity contribution in [1.82, 2.24) is 10.2 Å². The van der Waals surface area contributed by atoms with Crippen LogP contribution in [0.3, 0.4) is 0 Å². The van der Waals surface area contributed by atoms with E-state index in [1.54, 1.807) is 18.2 Å². The van der Waals surface area contributed by atoms with Crippen molar-refractivity contribution in [3.8, 4) is 0 Å². The van der Waals surface area contributed by atoms with Crippen LogP contribution in [0.2, 0.25) is 0 Å². The van der Waals surface area contributed by atoms with Crippen molar-refractivity contribution in [3.05, 3.63) is 29.8 Å². The summed E-state index contributed by atoms with van der Waals surface area (Å²) in [6, 6.07) is 7.08. The number of carbonyl (C=O) groups is 2. The first-order chi connectivity index (χ1) is 10.1. The molecule has 0 aromatic heterocycles. The lowest BCUT2D eigenvalue weighted by Crippen LogP contribution is -2.27. The van der Waals surface area contributed by atoms with Gasteiger partial charge in [-0.3, -0.25) is 9.59 Å². The van der Waals surface area contributed by atoms with Crippen molar-refractivity contribution in [1.29, 1.82) is 0 Å². The maximum Gasteiger partial charge on any atom is 0.251 e. The van der Waals surface area contributed by atoms with Gasteiger partial charge in [-0.25, -0.2) is 0 Å². The van der Waals surface area contributed by atoms with Crippen LogP contribution in [0, 0.1) is 5.92 Å². The molecule has 5 heteroatoms. The lowest BCUT2D eigenvalue weighted by molar-refractivity contribution is -0.117. The second kappa shape index (κ2) is 7.22. The van der Waals surface area contributed by atoms with Gasteiger partial charge < -0.3 is 15.5 Å². The molecule has 2 amide bonds. The molecule has 0 unspecified atom stereocenters. The molecule has 21 heavy (non-hydrogen) atoms. The lowest BCUT2D eigenvalue weighted by Gasteiger charge is -2.10. The van der Waals surface area contributed by atoms with E-state index in [1.165, 1.54) is 0 Å². The highest BCUT2D eigenvalue weighted by Crippen LogP contribution is 2.30. The monoisotopic (exact) mass is 289 g/mol. The molecule has 0 radical (unpaired) electrons. The average Bonchev–Trinajstić information content (AvgIpc) is 3.28. The summed E-state index contributed by atoms with van der Waals surface area (Å²) in [5, 5.41) is 5.75. The fourth-order valence-corrected chi connectivity index (χ4v) is 2.03. The van der Waals surface area contributed by atoms with E-state index in [-0.39, 0.29) is 17.7 Å². The highest BCUT2D eigenvalue weighted by molar-refractivity contribution is 5.98. The highest BCUT2D eigenvalue weighted by Gasteiger charge is 2.29. The van der Waals surface area contributed by atoms with Gasteiger partial charge in [-0.15, -0.1) is 0 Å². The standard InChI is InChI=1S/C16H23N3O2/c1-19(2)10-4-9-17-15(20)13-5-3-6-14(11-13)18-16(21)12-7-8-12/h3,5-6,11-12H,4,7-10H2,1-2H3,(H,17,20)(H,18,21). The van der Waals surface area contributed by atoms with Crippen LogP contribution in [0.1, 0.15) is 29.6 Å². The minimum Gasteiger partial charge on any atom is -0.352 e. The minimum absolute atomic E-state index is 0.0542. The zero-order chi connectivity index (χ0) is 15.2. The van der Waals surface area contributed by atoms with Gasteiger partial charge in [0.15, 0.2) is 0 Å². The number of nitrogens with zero attached hydrogens (tertiary/aromatic N) is 1. The molecule has 5 nitrogen and oxygen atoms in total. The second-order valence-corrected chi connectivity index (χ2v) is 5.76. The predicted octanol–water partition coefficient (Wildman–Crippen LogP) is 1.72. The Balaban J connectivity index is 1.84. The summed E-state index contributed by atoms with van der Waals surface area (Å²) in [7, 11) is 4.02. The number of benzene rings is 1. The third-order valence-corrected chi connectivity index (χ3v) is 3.41. The molecular formula is C16H23N3O2. The first-order valence-corrected chi connectivity index (χ1v) is 7.40.